The predicted molar refractivity (Wildman–Crippen MR) is 102 cm³/mol. The number of carbonyl (C=O) groups is 1. The van der Waals surface area contributed by atoms with Crippen LogP contribution in [0.5, 0.6) is 5.75 Å². The molecular weight excluding hydrogens is 345 g/mol. The smallest absolute Gasteiger partial charge is 0.290 e. The Labute approximate surface area is 158 Å². The molecule has 4 nitrogen and oxygen atoms in total. The van der Waals surface area contributed by atoms with Crippen LogP contribution < -0.4 is 4.74 Å². The Morgan fingerprint density at radius 1 is 1.15 bits per heavy atom. The first-order chi connectivity index (χ1) is 13.0. The Balaban J connectivity index is 1.83. The molecule has 0 spiro atoms. The van der Waals surface area contributed by atoms with E-state index in [2.05, 4.69) is 0 Å². The van der Waals surface area contributed by atoms with Crippen LogP contribution in [0.1, 0.15) is 36.0 Å². The number of ether oxygens (including phenoxy) is 1. The van der Waals surface area contributed by atoms with E-state index >= 15 is 0 Å². The molecule has 0 saturated carbocycles. The van der Waals surface area contributed by atoms with Crippen molar-refractivity contribution in [3.63, 3.8) is 0 Å². The molecule has 5 heteroatoms. The number of halogens is 1. The van der Waals surface area contributed by atoms with Crippen LogP contribution in [0.15, 0.2) is 65.1 Å². The Bertz CT molecular complexity index is 917. The standard InChI is InChI=1S/C22H22FNO3/c1-4-24(15(2)17-6-5-7-19(14-17)26-3)22(25)21-13-12-20(27-21)16-8-10-18(23)11-9-16/h5-15H,4H2,1-3H3. The second kappa shape index (κ2) is 8.08. The van der Waals surface area contributed by atoms with Gasteiger partial charge in [-0.15, -0.1) is 0 Å². The van der Waals surface area contributed by atoms with Gasteiger partial charge in [0.25, 0.3) is 5.91 Å². The number of nitrogens with zero attached hydrogens (tertiary/aromatic N) is 1. The zero-order chi connectivity index (χ0) is 19.4. The van der Waals surface area contributed by atoms with Crippen LogP contribution in [-0.2, 0) is 0 Å². The van der Waals surface area contributed by atoms with Crippen molar-refractivity contribution in [3.8, 4) is 17.1 Å². The summed E-state index contributed by atoms with van der Waals surface area (Å²) in [5, 5.41) is 0. The fraction of sp³-hybridized carbons (Fsp3) is 0.227. The molecule has 27 heavy (non-hydrogen) atoms. The van der Waals surface area contributed by atoms with Gasteiger partial charge in [-0.2, -0.15) is 0 Å². The van der Waals surface area contributed by atoms with Crippen molar-refractivity contribution in [2.24, 2.45) is 0 Å². The lowest BCUT2D eigenvalue weighted by Gasteiger charge is -2.27. The van der Waals surface area contributed by atoms with E-state index in [1.54, 1.807) is 36.3 Å². The van der Waals surface area contributed by atoms with E-state index in [0.29, 0.717) is 12.3 Å². The highest BCUT2D eigenvalue weighted by Gasteiger charge is 2.24. The van der Waals surface area contributed by atoms with Crippen LogP contribution in [0.3, 0.4) is 0 Å². The van der Waals surface area contributed by atoms with E-state index < -0.39 is 0 Å². The maximum atomic E-state index is 13.1. The van der Waals surface area contributed by atoms with Gasteiger partial charge in [0.2, 0.25) is 0 Å². The van der Waals surface area contributed by atoms with Crippen LogP contribution in [0.4, 0.5) is 4.39 Å². The van der Waals surface area contributed by atoms with E-state index in [0.717, 1.165) is 16.9 Å². The normalized spacial score (nSPS) is 11.9. The van der Waals surface area contributed by atoms with Crippen LogP contribution >= 0.6 is 0 Å². The van der Waals surface area contributed by atoms with Gasteiger partial charge in [0.1, 0.15) is 17.3 Å². The van der Waals surface area contributed by atoms with E-state index in [1.807, 2.05) is 38.1 Å². The van der Waals surface area contributed by atoms with Crippen LogP contribution in [0, 0.1) is 5.82 Å². The largest absolute Gasteiger partial charge is 0.497 e. The number of rotatable bonds is 6. The Kier molecular flexibility index (Phi) is 5.60. The lowest BCUT2D eigenvalue weighted by atomic mass is 10.1. The average molecular weight is 367 g/mol. The zero-order valence-corrected chi connectivity index (χ0v) is 15.6. The van der Waals surface area contributed by atoms with Gasteiger partial charge in [-0.05, 0) is 67.9 Å². The molecule has 1 aromatic heterocycles. The molecular formula is C22H22FNO3. The second-order valence-electron chi connectivity index (χ2n) is 6.21. The molecule has 2 aromatic carbocycles. The van der Waals surface area contributed by atoms with E-state index in [1.165, 1.54) is 12.1 Å². The maximum absolute atomic E-state index is 13.1. The number of methoxy groups -OCH3 is 1. The van der Waals surface area contributed by atoms with Crippen molar-refractivity contribution in [1.82, 2.24) is 4.90 Å². The summed E-state index contributed by atoms with van der Waals surface area (Å²) in [5.41, 5.74) is 1.70. The zero-order valence-electron chi connectivity index (χ0n) is 15.6. The summed E-state index contributed by atoms with van der Waals surface area (Å²) in [7, 11) is 1.62. The summed E-state index contributed by atoms with van der Waals surface area (Å²) >= 11 is 0. The van der Waals surface area contributed by atoms with Gasteiger partial charge >= 0.3 is 0 Å². The summed E-state index contributed by atoms with van der Waals surface area (Å²) in [6.45, 7) is 4.43. The summed E-state index contributed by atoms with van der Waals surface area (Å²) in [5.74, 6) is 1.03. The van der Waals surface area contributed by atoms with Crippen molar-refractivity contribution in [2.75, 3.05) is 13.7 Å². The first kappa shape index (κ1) is 18.7. The number of hydrogen-bond acceptors (Lipinski definition) is 3. The molecule has 0 aliphatic carbocycles. The van der Waals surface area contributed by atoms with E-state index in [4.69, 9.17) is 9.15 Å². The SMILES string of the molecule is CCN(C(=O)c1ccc(-c2ccc(F)cc2)o1)C(C)c1cccc(OC)c1. The number of carbonyl (C=O) groups excluding carboxylic acids is 1. The summed E-state index contributed by atoms with van der Waals surface area (Å²) in [6, 6.07) is 16.9. The maximum Gasteiger partial charge on any atom is 0.290 e. The summed E-state index contributed by atoms with van der Waals surface area (Å²) in [6.07, 6.45) is 0. The van der Waals surface area contributed by atoms with Crippen LogP contribution in [0.2, 0.25) is 0 Å². The highest BCUT2D eigenvalue weighted by Crippen LogP contribution is 2.28. The van der Waals surface area contributed by atoms with Gasteiger partial charge in [-0.1, -0.05) is 12.1 Å². The third-order valence-corrected chi connectivity index (χ3v) is 4.59. The summed E-state index contributed by atoms with van der Waals surface area (Å²) < 4.78 is 24.1. The number of amides is 1. The van der Waals surface area contributed by atoms with Crippen molar-refractivity contribution < 1.29 is 18.3 Å². The lowest BCUT2D eigenvalue weighted by Crippen LogP contribution is -2.33. The van der Waals surface area contributed by atoms with Gasteiger partial charge in [0, 0.05) is 12.1 Å². The fourth-order valence-corrected chi connectivity index (χ4v) is 3.04. The highest BCUT2D eigenvalue weighted by atomic mass is 19.1. The molecule has 1 atom stereocenters. The molecule has 0 radical (unpaired) electrons. The van der Waals surface area contributed by atoms with Crippen molar-refractivity contribution in [2.45, 2.75) is 19.9 Å². The quantitative estimate of drug-likeness (QED) is 0.592. The molecule has 1 heterocycles. The molecule has 0 aliphatic heterocycles. The Morgan fingerprint density at radius 2 is 1.89 bits per heavy atom. The molecule has 1 unspecified atom stereocenters. The van der Waals surface area contributed by atoms with Crippen LogP contribution in [-0.4, -0.2) is 24.5 Å². The third kappa shape index (κ3) is 4.03. The Hall–Kier alpha value is -3.08. The van der Waals surface area contributed by atoms with Crippen molar-refractivity contribution in [1.29, 1.82) is 0 Å². The van der Waals surface area contributed by atoms with Gasteiger partial charge in [-0.25, -0.2) is 4.39 Å². The molecule has 0 N–H and O–H groups in total. The first-order valence-corrected chi connectivity index (χ1v) is 8.84. The molecule has 0 saturated heterocycles. The van der Waals surface area contributed by atoms with Gasteiger partial charge in [-0.3, -0.25) is 4.79 Å². The fourth-order valence-electron chi connectivity index (χ4n) is 3.04. The lowest BCUT2D eigenvalue weighted by molar-refractivity contribution is 0.0670. The number of benzene rings is 2. The molecule has 0 fully saturated rings. The average Bonchev–Trinajstić information content (AvgIpc) is 3.19. The molecule has 3 aromatic rings. The molecule has 3 rings (SSSR count). The van der Waals surface area contributed by atoms with E-state index in [9.17, 15) is 9.18 Å². The predicted octanol–water partition coefficient (Wildman–Crippen LogP) is 5.32. The second-order valence-corrected chi connectivity index (χ2v) is 6.21. The minimum atomic E-state index is -0.314. The molecule has 0 aliphatic rings. The third-order valence-electron chi connectivity index (χ3n) is 4.59. The van der Waals surface area contributed by atoms with Crippen molar-refractivity contribution >= 4 is 5.91 Å². The molecule has 1 amide bonds. The topological polar surface area (TPSA) is 42.7 Å². The van der Waals surface area contributed by atoms with Gasteiger partial charge in [0.15, 0.2) is 5.76 Å². The monoisotopic (exact) mass is 367 g/mol. The van der Waals surface area contributed by atoms with E-state index in [-0.39, 0.29) is 23.5 Å². The molecule has 0 bridgehead atoms. The van der Waals surface area contributed by atoms with Gasteiger partial charge < -0.3 is 14.1 Å². The van der Waals surface area contributed by atoms with Crippen LogP contribution in [0.25, 0.3) is 11.3 Å². The number of hydrogen-bond donors (Lipinski definition) is 0. The molecule has 140 valence electrons. The minimum Gasteiger partial charge on any atom is -0.497 e. The Morgan fingerprint density at radius 3 is 2.56 bits per heavy atom. The van der Waals surface area contributed by atoms with Crippen molar-refractivity contribution in [3.05, 3.63) is 77.8 Å². The van der Waals surface area contributed by atoms with Gasteiger partial charge in [0.05, 0.1) is 13.2 Å². The highest BCUT2D eigenvalue weighted by molar-refractivity contribution is 5.92. The number of furan rings is 1. The summed E-state index contributed by atoms with van der Waals surface area (Å²) in [4.78, 5) is 14.7. The first-order valence-electron chi connectivity index (χ1n) is 8.84. The minimum absolute atomic E-state index is 0.142.